The summed E-state index contributed by atoms with van der Waals surface area (Å²) in [5.41, 5.74) is 2.33. The van der Waals surface area contributed by atoms with E-state index in [1.54, 1.807) is 23.7 Å². The number of rotatable bonds is 4. The fourth-order valence-electron chi connectivity index (χ4n) is 3.39. The maximum absolute atomic E-state index is 13.0. The number of hydrogen-bond donors (Lipinski definition) is 0. The van der Waals surface area contributed by atoms with Gasteiger partial charge in [-0.25, -0.2) is 4.79 Å². The molecule has 0 aliphatic heterocycles. The zero-order valence-corrected chi connectivity index (χ0v) is 19.0. The average molecular weight is 459 g/mol. The van der Waals surface area contributed by atoms with Gasteiger partial charge in [0.25, 0.3) is 5.56 Å². The van der Waals surface area contributed by atoms with Crippen LogP contribution >= 0.6 is 23.2 Å². The van der Waals surface area contributed by atoms with E-state index in [4.69, 9.17) is 27.9 Å². The summed E-state index contributed by atoms with van der Waals surface area (Å²) < 4.78 is 10.2. The molecule has 0 saturated carbocycles. The van der Waals surface area contributed by atoms with Gasteiger partial charge in [0, 0.05) is 14.1 Å². The molecule has 0 amide bonds. The van der Waals surface area contributed by atoms with E-state index in [2.05, 4.69) is 4.98 Å². The van der Waals surface area contributed by atoms with Crippen LogP contribution in [0, 0.1) is 13.8 Å². The van der Waals surface area contributed by atoms with Gasteiger partial charge in [0.05, 0.1) is 16.6 Å². The van der Waals surface area contributed by atoms with Crippen molar-refractivity contribution >= 4 is 34.4 Å². The highest BCUT2D eigenvalue weighted by atomic mass is 35.5. The third-order valence-corrected chi connectivity index (χ3v) is 5.92. The van der Waals surface area contributed by atoms with Crippen molar-refractivity contribution in [2.24, 2.45) is 14.1 Å². The number of ether oxygens (including phenoxy) is 1. The van der Waals surface area contributed by atoms with Crippen LogP contribution < -0.4 is 16.0 Å². The lowest BCUT2D eigenvalue weighted by molar-refractivity contribution is 0.418. The number of hydrogen-bond acceptors (Lipinski definition) is 4. The summed E-state index contributed by atoms with van der Waals surface area (Å²) in [5, 5.41) is 0.840. The number of fused-ring (bicyclic) bond motifs is 1. The smallest absolute Gasteiger partial charge is 0.332 e. The molecule has 31 heavy (non-hydrogen) atoms. The molecule has 0 N–H and O–H groups in total. The van der Waals surface area contributed by atoms with Gasteiger partial charge in [0.2, 0.25) is 0 Å². The van der Waals surface area contributed by atoms with Crippen molar-refractivity contribution in [2.45, 2.75) is 20.4 Å². The Bertz CT molecular complexity index is 1450. The highest BCUT2D eigenvalue weighted by Crippen LogP contribution is 2.29. The predicted molar refractivity (Wildman–Crippen MR) is 122 cm³/mol. The molecule has 0 bridgehead atoms. The lowest BCUT2D eigenvalue weighted by atomic mass is 10.1. The first-order chi connectivity index (χ1) is 14.7. The molecule has 0 spiro atoms. The third-order valence-electron chi connectivity index (χ3n) is 5.18. The molecule has 0 fully saturated rings. The van der Waals surface area contributed by atoms with Crippen molar-refractivity contribution in [3.63, 3.8) is 0 Å². The second-order valence-corrected chi connectivity index (χ2v) is 8.29. The Kier molecular flexibility index (Phi) is 5.41. The number of aryl methyl sites for hydroxylation is 3. The zero-order valence-electron chi connectivity index (χ0n) is 17.4. The second-order valence-electron chi connectivity index (χ2n) is 7.48. The van der Waals surface area contributed by atoms with Gasteiger partial charge in [-0.2, -0.15) is 4.98 Å². The monoisotopic (exact) mass is 458 g/mol. The maximum atomic E-state index is 13.0. The number of halogens is 2. The van der Waals surface area contributed by atoms with Crippen LogP contribution in [0.1, 0.15) is 16.7 Å². The molecular formula is C22H20Cl2N4O3. The van der Waals surface area contributed by atoms with Crippen LogP contribution in [0.25, 0.3) is 11.2 Å². The van der Waals surface area contributed by atoms with Crippen molar-refractivity contribution in [3.05, 3.63) is 84.0 Å². The molecule has 0 unspecified atom stereocenters. The molecule has 2 aromatic carbocycles. The van der Waals surface area contributed by atoms with Crippen molar-refractivity contribution in [1.82, 2.24) is 18.7 Å². The Hall–Kier alpha value is -3.03. The van der Waals surface area contributed by atoms with E-state index in [0.29, 0.717) is 15.8 Å². The van der Waals surface area contributed by atoms with E-state index < -0.39 is 11.2 Å². The van der Waals surface area contributed by atoms with Gasteiger partial charge in [0.1, 0.15) is 5.75 Å². The minimum atomic E-state index is -0.463. The number of aromatic nitrogens is 4. The molecule has 0 radical (unpaired) electrons. The summed E-state index contributed by atoms with van der Waals surface area (Å²) in [6, 6.07) is 11.3. The Morgan fingerprint density at radius 1 is 0.968 bits per heavy atom. The Morgan fingerprint density at radius 3 is 2.42 bits per heavy atom. The van der Waals surface area contributed by atoms with Crippen LogP contribution in [0.4, 0.5) is 0 Å². The lowest BCUT2D eigenvalue weighted by Gasteiger charge is -2.12. The highest BCUT2D eigenvalue weighted by molar-refractivity contribution is 6.42. The van der Waals surface area contributed by atoms with Crippen LogP contribution in [-0.2, 0) is 20.6 Å². The van der Waals surface area contributed by atoms with Crippen LogP contribution in [0.15, 0.2) is 46.0 Å². The summed E-state index contributed by atoms with van der Waals surface area (Å²) in [6.07, 6.45) is 0. The quantitative estimate of drug-likeness (QED) is 0.459. The van der Waals surface area contributed by atoms with E-state index >= 15 is 0 Å². The first-order valence-corrected chi connectivity index (χ1v) is 10.3. The molecule has 2 aromatic heterocycles. The summed E-state index contributed by atoms with van der Waals surface area (Å²) in [7, 11) is 3.01. The number of imidazole rings is 1. The molecule has 160 valence electrons. The molecule has 0 saturated heterocycles. The van der Waals surface area contributed by atoms with Crippen molar-refractivity contribution in [2.75, 3.05) is 0 Å². The largest absolute Gasteiger partial charge is 0.425 e. The fourth-order valence-corrected chi connectivity index (χ4v) is 3.71. The van der Waals surface area contributed by atoms with Gasteiger partial charge in [-0.05, 0) is 48.7 Å². The number of nitrogens with zero attached hydrogens (tertiary/aromatic N) is 4. The van der Waals surface area contributed by atoms with Gasteiger partial charge >= 0.3 is 11.7 Å². The van der Waals surface area contributed by atoms with Gasteiger partial charge < -0.3 is 4.74 Å². The van der Waals surface area contributed by atoms with E-state index in [1.165, 1.54) is 11.6 Å². The van der Waals surface area contributed by atoms with E-state index in [1.807, 2.05) is 38.1 Å². The minimum Gasteiger partial charge on any atom is -0.425 e. The predicted octanol–water partition coefficient (Wildman–Crippen LogP) is 4.20. The minimum absolute atomic E-state index is 0.202. The normalized spacial score (nSPS) is 11.3. The summed E-state index contributed by atoms with van der Waals surface area (Å²) in [5.74, 6) is 0.618. The Labute approximate surface area is 188 Å². The standard InChI is InChI=1S/C22H20Cl2N4O3/c1-12-5-6-13(2)17(9-12)31-21-25-19-18(20(29)27(4)22(30)26(19)3)28(21)11-14-7-8-15(23)16(24)10-14/h5-10H,11H2,1-4H3. The Balaban J connectivity index is 1.97. The molecule has 4 rings (SSSR count). The zero-order chi connectivity index (χ0) is 22.4. The molecule has 9 heteroatoms. The number of benzene rings is 2. The molecule has 2 heterocycles. The summed E-state index contributed by atoms with van der Waals surface area (Å²) in [4.78, 5) is 29.9. The molecule has 0 atom stereocenters. The maximum Gasteiger partial charge on any atom is 0.332 e. The topological polar surface area (TPSA) is 71.1 Å². The first-order valence-electron chi connectivity index (χ1n) is 9.52. The SMILES string of the molecule is Cc1ccc(C)c(Oc2nc3c(c(=O)n(C)c(=O)n3C)n2Cc2ccc(Cl)c(Cl)c2)c1. The van der Waals surface area contributed by atoms with Gasteiger partial charge in [-0.3, -0.25) is 18.5 Å². The van der Waals surface area contributed by atoms with E-state index in [0.717, 1.165) is 21.3 Å². The second kappa shape index (κ2) is 7.90. The summed E-state index contributed by atoms with van der Waals surface area (Å²) in [6.45, 7) is 4.14. The van der Waals surface area contributed by atoms with E-state index in [9.17, 15) is 9.59 Å². The highest BCUT2D eigenvalue weighted by Gasteiger charge is 2.21. The van der Waals surface area contributed by atoms with Crippen molar-refractivity contribution in [3.8, 4) is 11.8 Å². The van der Waals surface area contributed by atoms with Crippen LogP contribution in [-0.4, -0.2) is 18.7 Å². The third kappa shape index (κ3) is 3.75. The average Bonchev–Trinajstić information content (AvgIpc) is 3.08. The molecule has 4 aromatic rings. The van der Waals surface area contributed by atoms with Gasteiger partial charge in [0.15, 0.2) is 11.2 Å². The van der Waals surface area contributed by atoms with Gasteiger partial charge in [-0.15, -0.1) is 0 Å². The summed E-state index contributed by atoms with van der Waals surface area (Å²) >= 11 is 12.2. The molecule has 0 aliphatic carbocycles. The van der Waals surface area contributed by atoms with Crippen molar-refractivity contribution in [1.29, 1.82) is 0 Å². The Morgan fingerprint density at radius 2 is 1.71 bits per heavy atom. The van der Waals surface area contributed by atoms with Gasteiger partial charge in [-0.1, -0.05) is 41.4 Å². The van der Waals surface area contributed by atoms with Crippen LogP contribution in [0.3, 0.4) is 0 Å². The van der Waals surface area contributed by atoms with E-state index in [-0.39, 0.29) is 23.7 Å². The fraction of sp³-hybridized carbons (Fsp3) is 0.227. The van der Waals surface area contributed by atoms with Crippen LogP contribution in [0.2, 0.25) is 10.0 Å². The lowest BCUT2D eigenvalue weighted by Crippen LogP contribution is -2.37. The molecule has 7 nitrogen and oxygen atoms in total. The van der Waals surface area contributed by atoms with Crippen LogP contribution in [0.5, 0.6) is 11.8 Å². The molecule has 0 aliphatic rings. The molecular weight excluding hydrogens is 439 g/mol. The first kappa shape index (κ1) is 21.2. The van der Waals surface area contributed by atoms with Crippen molar-refractivity contribution < 1.29 is 4.74 Å².